The number of rotatable bonds is 6. The van der Waals surface area contributed by atoms with Crippen LogP contribution in [0, 0.1) is 16.0 Å². The van der Waals surface area contributed by atoms with Crippen molar-refractivity contribution in [3.8, 4) is 0 Å². The lowest BCUT2D eigenvalue weighted by Gasteiger charge is -2.12. The molecule has 0 aliphatic heterocycles. The summed E-state index contributed by atoms with van der Waals surface area (Å²) in [6.07, 6.45) is 3.35. The lowest BCUT2D eigenvalue weighted by atomic mass is 10.1. The number of nitro benzene ring substituents is 1. The number of hydrogen-bond donors (Lipinski definition) is 1. The summed E-state index contributed by atoms with van der Waals surface area (Å²) in [5.74, 6) is 0.820. The minimum absolute atomic E-state index is 0.230. The molecule has 0 saturated heterocycles. The quantitative estimate of drug-likeness (QED) is 0.608. The van der Waals surface area contributed by atoms with Gasteiger partial charge in [-0.05, 0) is 38.6 Å². The zero-order valence-corrected chi connectivity index (χ0v) is 10.1. The molecule has 1 aromatic carbocycles. The molecule has 2 rings (SSSR count). The van der Waals surface area contributed by atoms with E-state index in [1.54, 1.807) is 12.1 Å². The molecule has 1 atom stereocenters. The monoisotopic (exact) mass is 234 g/mol. The Morgan fingerprint density at radius 2 is 2.18 bits per heavy atom. The van der Waals surface area contributed by atoms with Gasteiger partial charge in [0, 0.05) is 17.7 Å². The van der Waals surface area contributed by atoms with Crippen LogP contribution in [0.2, 0.25) is 0 Å². The van der Waals surface area contributed by atoms with Gasteiger partial charge in [-0.1, -0.05) is 18.2 Å². The third-order valence-corrected chi connectivity index (χ3v) is 3.38. The van der Waals surface area contributed by atoms with Crippen molar-refractivity contribution in [1.82, 2.24) is 5.32 Å². The van der Waals surface area contributed by atoms with Crippen LogP contribution in [-0.2, 0) is 6.42 Å². The third-order valence-electron chi connectivity index (χ3n) is 3.38. The summed E-state index contributed by atoms with van der Waals surface area (Å²) in [4.78, 5) is 10.5. The number of para-hydroxylation sites is 1. The first kappa shape index (κ1) is 12.0. The molecule has 0 radical (unpaired) electrons. The first-order chi connectivity index (χ1) is 8.18. The fourth-order valence-corrected chi connectivity index (χ4v) is 2.10. The van der Waals surface area contributed by atoms with E-state index in [1.807, 2.05) is 12.1 Å². The predicted molar refractivity (Wildman–Crippen MR) is 67.0 cm³/mol. The Bertz CT molecular complexity index is 402. The zero-order valence-electron chi connectivity index (χ0n) is 10.1. The Morgan fingerprint density at radius 1 is 1.47 bits per heavy atom. The van der Waals surface area contributed by atoms with Crippen LogP contribution in [0.25, 0.3) is 0 Å². The van der Waals surface area contributed by atoms with Crippen molar-refractivity contribution < 1.29 is 4.92 Å². The molecule has 1 aliphatic rings. The molecule has 0 heterocycles. The summed E-state index contributed by atoms with van der Waals surface area (Å²) in [5.41, 5.74) is 1.04. The molecule has 4 nitrogen and oxygen atoms in total. The van der Waals surface area contributed by atoms with Crippen LogP contribution in [0.15, 0.2) is 24.3 Å². The molecule has 1 saturated carbocycles. The van der Waals surface area contributed by atoms with Crippen LogP contribution in [0.5, 0.6) is 0 Å². The van der Waals surface area contributed by atoms with E-state index in [0.29, 0.717) is 12.5 Å². The van der Waals surface area contributed by atoms with Gasteiger partial charge in [0.2, 0.25) is 0 Å². The first-order valence-corrected chi connectivity index (χ1v) is 6.14. The molecule has 1 aromatic rings. The van der Waals surface area contributed by atoms with Crippen molar-refractivity contribution in [1.29, 1.82) is 0 Å². The molecule has 0 aromatic heterocycles. The number of nitrogens with one attached hydrogen (secondary N) is 1. The molecule has 1 fully saturated rings. The molecule has 1 N–H and O–H groups in total. The van der Waals surface area contributed by atoms with Crippen LogP contribution in [0.3, 0.4) is 0 Å². The van der Waals surface area contributed by atoms with E-state index in [4.69, 9.17) is 0 Å². The highest BCUT2D eigenvalue weighted by atomic mass is 16.6. The average Bonchev–Trinajstić information content (AvgIpc) is 3.13. The van der Waals surface area contributed by atoms with Crippen molar-refractivity contribution in [2.45, 2.75) is 32.2 Å². The summed E-state index contributed by atoms with van der Waals surface area (Å²) in [6.45, 7) is 3.00. The van der Waals surface area contributed by atoms with E-state index in [9.17, 15) is 10.1 Å². The van der Waals surface area contributed by atoms with Crippen LogP contribution in [0.4, 0.5) is 5.69 Å². The number of nitro groups is 1. The van der Waals surface area contributed by atoms with Gasteiger partial charge in [0.1, 0.15) is 0 Å². The van der Waals surface area contributed by atoms with Crippen molar-refractivity contribution >= 4 is 5.69 Å². The molecule has 0 bridgehead atoms. The summed E-state index contributed by atoms with van der Waals surface area (Å²) in [6, 6.07) is 7.51. The summed E-state index contributed by atoms with van der Waals surface area (Å²) < 4.78 is 0. The van der Waals surface area contributed by atoms with E-state index in [0.717, 1.165) is 18.0 Å². The highest BCUT2D eigenvalue weighted by Crippen LogP contribution is 2.32. The van der Waals surface area contributed by atoms with Gasteiger partial charge in [-0.2, -0.15) is 0 Å². The van der Waals surface area contributed by atoms with E-state index in [1.165, 1.54) is 12.8 Å². The van der Waals surface area contributed by atoms with E-state index < -0.39 is 0 Å². The molecule has 92 valence electrons. The van der Waals surface area contributed by atoms with Crippen molar-refractivity contribution in [2.75, 3.05) is 6.54 Å². The Morgan fingerprint density at radius 3 is 2.82 bits per heavy atom. The van der Waals surface area contributed by atoms with Crippen molar-refractivity contribution in [3.63, 3.8) is 0 Å². The van der Waals surface area contributed by atoms with Crippen LogP contribution in [-0.4, -0.2) is 17.5 Å². The maximum Gasteiger partial charge on any atom is 0.272 e. The van der Waals surface area contributed by atoms with E-state index >= 15 is 0 Å². The molecule has 4 heteroatoms. The first-order valence-electron chi connectivity index (χ1n) is 6.14. The van der Waals surface area contributed by atoms with Gasteiger partial charge in [0.05, 0.1) is 4.92 Å². The molecule has 0 spiro atoms. The van der Waals surface area contributed by atoms with Gasteiger partial charge in [0.25, 0.3) is 5.69 Å². The highest BCUT2D eigenvalue weighted by Gasteiger charge is 2.27. The second kappa shape index (κ2) is 5.27. The normalized spacial score (nSPS) is 16.8. The molecule has 1 aliphatic carbocycles. The molecule has 17 heavy (non-hydrogen) atoms. The zero-order chi connectivity index (χ0) is 12.3. The fraction of sp³-hybridized carbons (Fsp3) is 0.538. The molecule has 1 unspecified atom stereocenters. The Kier molecular flexibility index (Phi) is 3.74. The second-order valence-electron chi connectivity index (χ2n) is 4.72. The number of benzene rings is 1. The smallest absolute Gasteiger partial charge is 0.272 e. The topological polar surface area (TPSA) is 55.2 Å². The fourth-order valence-electron chi connectivity index (χ4n) is 2.10. The van der Waals surface area contributed by atoms with Crippen molar-refractivity contribution in [2.24, 2.45) is 5.92 Å². The second-order valence-corrected chi connectivity index (χ2v) is 4.72. The maximum atomic E-state index is 10.8. The van der Waals surface area contributed by atoms with Gasteiger partial charge in [0.15, 0.2) is 0 Å². The van der Waals surface area contributed by atoms with Crippen molar-refractivity contribution in [3.05, 3.63) is 39.9 Å². The van der Waals surface area contributed by atoms with Gasteiger partial charge in [-0.3, -0.25) is 10.1 Å². The highest BCUT2D eigenvalue weighted by molar-refractivity contribution is 5.39. The van der Waals surface area contributed by atoms with Gasteiger partial charge >= 0.3 is 0 Å². The minimum atomic E-state index is -0.306. The van der Waals surface area contributed by atoms with E-state index in [-0.39, 0.29) is 10.6 Å². The lowest BCUT2D eigenvalue weighted by molar-refractivity contribution is -0.385. The Hall–Kier alpha value is -1.42. The standard InChI is InChI=1S/C13H18N2O2/c1-10(11-6-7-11)14-9-8-12-4-2-3-5-13(12)15(16)17/h2-5,10-11,14H,6-9H2,1H3. The Balaban J connectivity index is 1.87. The summed E-state index contributed by atoms with van der Waals surface area (Å²) in [5, 5.41) is 14.3. The maximum absolute atomic E-state index is 10.8. The number of nitrogens with zero attached hydrogens (tertiary/aromatic N) is 1. The summed E-state index contributed by atoms with van der Waals surface area (Å²) >= 11 is 0. The van der Waals surface area contributed by atoms with Crippen LogP contribution >= 0.6 is 0 Å². The molecule has 0 amide bonds. The van der Waals surface area contributed by atoms with E-state index in [2.05, 4.69) is 12.2 Å². The predicted octanol–water partition coefficient (Wildman–Crippen LogP) is 2.53. The molecular formula is C13H18N2O2. The third kappa shape index (κ3) is 3.27. The van der Waals surface area contributed by atoms with Crippen LogP contribution < -0.4 is 5.32 Å². The lowest BCUT2D eigenvalue weighted by Crippen LogP contribution is -2.29. The Labute approximate surface area is 101 Å². The number of hydrogen-bond acceptors (Lipinski definition) is 3. The SMILES string of the molecule is CC(NCCc1ccccc1[N+](=O)[O-])C1CC1. The minimum Gasteiger partial charge on any atom is -0.314 e. The average molecular weight is 234 g/mol. The van der Waals surface area contributed by atoms with Gasteiger partial charge in [-0.15, -0.1) is 0 Å². The summed E-state index contributed by atoms with van der Waals surface area (Å²) in [7, 11) is 0. The van der Waals surface area contributed by atoms with Gasteiger partial charge < -0.3 is 5.32 Å². The molecular weight excluding hydrogens is 216 g/mol. The largest absolute Gasteiger partial charge is 0.314 e. The van der Waals surface area contributed by atoms with Gasteiger partial charge in [-0.25, -0.2) is 0 Å². The van der Waals surface area contributed by atoms with Crippen LogP contribution in [0.1, 0.15) is 25.3 Å².